The number of rotatable bonds is 5. The first-order valence-electron chi connectivity index (χ1n) is 8.13. The van der Waals surface area contributed by atoms with E-state index in [1.165, 1.54) is 0 Å². The molecule has 1 aromatic heterocycles. The van der Waals surface area contributed by atoms with Crippen molar-refractivity contribution in [2.75, 3.05) is 22.9 Å². The summed E-state index contributed by atoms with van der Waals surface area (Å²) in [5, 5.41) is 10.5. The first kappa shape index (κ1) is 16.8. The Bertz CT molecular complexity index is 495. The van der Waals surface area contributed by atoms with Gasteiger partial charge in [0.15, 0.2) is 11.6 Å². The molecular formula is C16H30N6. The Balaban J connectivity index is 2.13. The highest BCUT2D eigenvalue weighted by Crippen LogP contribution is 2.32. The number of piperidine rings is 1. The van der Waals surface area contributed by atoms with E-state index in [4.69, 9.17) is 5.73 Å². The highest BCUT2D eigenvalue weighted by atomic mass is 15.1. The third-order valence-corrected chi connectivity index (χ3v) is 3.96. The van der Waals surface area contributed by atoms with E-state index in [1.54, 1.807) is 6.33 Å². The quantitative estimate of drug-likeness (QED) is 0.669. The van der Waals surface area contributed by atoms with Crippen molar-refractivity contribution in [3.63, 3.8) is 0 Å². The molecule has 1 saturated heterocycles. The molecule has 0 atom stereocenters. The molecule has 2 heterocycles. The van der Waals surface area contributed by atoms with Crippen LogP contribution in [0.3, 0.4) is 0 Å². The van der Waals surface area contributed by atoms with Crippen LogP contribution in [0.15, 0.2) is 6.33 Å². The third-order valence-electron chi connectivity index (χ3n) is 3.96. The van der Waals surface area contributed by atoms with Crippen LogP contribution in [0.25, 0.3) is 0 Å². The maximum atomic E-state index is 6.21. The first-order valence-corrected chi connectivity index (χ1v) is 8.13. The number of nitrogens with zero attached hydrogens (tertiary/aromatic N) is 2. The summed E-state index contributed by atoms with van der Waals surface area (Å²) in [6.07, 6.45) is 4.64. The molecule has 0 saturated carbocycles. The summed E-state index contributed by atoms with van der Waals surface area (Å²) < 4.78 is 0. The zero-order chi connectivity index (χ0) is 16.4. The van der Waals surface area contributed by atoms with Crippen LogP contribution in [0, 0.1) is 0 Å². The molecule has 124 valence electrons. The maximum absolute atomic E-state index is 6.21. The predicted octanol–water partition coefficient (Wildman–Crippen LogP) is 2.60. The molecule has 1 aliphatic rings. The van der Waals surface area contributed by atoms with E-state index in [2.05, 4.69) is 60.5 Å². The summed E-state index contributed by atoms with van der Waals surface area (Å²) in [6.45, 7) is 11.9. The van der Waals surface area contributed by atoms with E-state index in [-0.39, 0.29) is 11.1 Å². The average molecular weight is 306 g/mol. The Kier molecular flexibility index (Phi) is 4.80. The molecule has 0 spiro atoms. The Morgan fingerprint density at radius 3 is 2.36 bits per heavy atom. The van der Waals surface area contributed by atoms with Crippen LogP contribution in [0.4, 0.5) is 17.3 Å². The molecule has 2 rings (SSSR count). The number of nitrogens with one attached hydrogen (secondary N) is 3. The van der Waals surface area contributed by atoms with Gasteiger partial charge >= 0.3 is 0 Å². The summed E-state index contributed by atoms with van der Waals surface area (Å²) in [4.78, 5) is 8.56. The number of aromatic nitrogens is 2. The lowest BCUT2D eigenvalue weighted by Gasteiger charge is -2.46. The second-order valence-corrected chi connectivity index (χ2v) is 7.55. The number of nitrogens with two attached hydrogens (primary N) is 1. The molecule has 0 aromatic carbocycles. The average Bonchev–Trinajstić information content (AvgIpc) is 2.36. The van der Waals surface area contributed by atoms with E-state index in [0.717, 1.165) is 31.6 Å². The molecule has 0 unspecified atom stereocenters. The van der Waals surface area contributed by atoms with Gasteiger partial charge in [0.2, 0.25) is 0 Å². The minimum absolute atomic E-state index is 0.0878. The molecule has 5 N–H and O–H groups in total. The van der Waals surface area contributed by atoms with Crippen molar-refractivity contribution in [3.05, 3.63) is 6.33 Å². The van der Waals surface area contributed by atoms with Gasteiger partial charge in [0.05, 0.1) is 0 Å². The van der Waals surface area contributed by atoms with E-state index < -0.39 is 0 Å². The molecule has 1 aromatic rings. The molecule has 22 heavy (non-hydrogen) atoms. The van der Waals surface area contributed by atoms with Crippen LogP contribution in [-0.2, 0) is 0 Å². The minimum Gasteiger partial charge on any atom is -0.393 e. The molecule has 0 amide bonds. The molecule has 6 nitrogen and oxygen atoms in total. The second kappa shape index (κ2) is 6.28. The highest BCUT2D eigenvalue weighted by molar-refractivity contribution is 5.74. The van der Waals surface area contributed by atoms with Gasteiger partial charge in [0.25, 0.3) is 0 Å². The monoisotopic (exact) mass is 306 g/mol. The lowest BCUT2D eigenvalue weighted by Crippen LogP contribution is -2.60. The summed E-state index contributed by atoms with van der Waals surface area (Å²) in [5.41, 5.74) is 6.99. The molecule has 1 aliphatic heterocycles. The number of hydrogen-bond donors (Lipinski definition) is 4. The normalized spacial score (nSPS) is 20.6. The molecule has 0 aliphatic carbocycles. The zero-order valence-corrected chi connectivity index (χ0v) is 14.5. The lowest BCUT2D eigenvalue weighted by molar-refractivity contribution is 0.170. The highest BCUT2D eigenvalue weighted by Gasteiger charge is 2.37. The van der Waals surface area contributed by atoms with Crippen LogP contribution < -0.4 is 21.7 Å². The molecule has 6 heteroatoms. The van der Waals surface area contributed by atoms with Crippen LogP contribution in [0.1, 0.15) is 53.9 Å². The van der Waals surface area contributed by atoms with E-state index >= 15 is 0 Å². The standard InChI is InChI=1S/C16H30N6/c1-6-7-18-13-12(17)14(20-10-19-13)21-11-8-15(2,3)22-16(4,5)9-11/h10-11,22H,6-9,17H2,1-5H3,(H2,18,19,20,21). The van der Waals surface area contributed by atoms with Crippen LogP contribution in [0.2, 0.25) is 0 Å². The van der Waals surface area contributed by atoms with Crippen molar-refractivity contribution in [2.45, 2.75) is 71.0 Å². The minimum atomic E-state index is 0.0878. The number of anilines is 3. The fourth-order valence-corrected chi connectivity index (χ4v) is 3.51. The van der Waals surface area contributed by atoms with E-state index in [9.17, 15) is 0 Å². The number of nitrogen functional groups attached to an aromatic ring is 1. The van der Waals surface area contributed by atoms with Gasteiger partial charge in [-0.05, 0) is 47.0 Å². The fraction of sp³-hybridized carbons (Fsp3) is 0.750. The Morgan fingerprint density at radius 2 is 1.77 bits per heavy atom. The first-order chi connectivity index (χ1) is 10.2. The van der Waals surface area contributed by atoms with Crippen molar-refractivity contribution in [2.24, 2.45) is 0 Å². The van der Waals surface area contributed by atoms with Gasteiger partial charge in [-0.2, -0.15) is 0 Å². The van der Waals surface area contributed by atoms with Gasteiger partial charge in [0, 0.05) is 23.7 Å². The zero-order valence-electron chi connectivity index (χ0n) is 14.5. The summed E-state index contributed by atoms with van der Waals surface area (Å²) in [6, 6.07) is 0.336. The van der Waals surface area contributed by atoms with Gasteiger partial charge in [-0.15, -0.1) is 0 Å². The summed E-state index contributed by atoms with van der Waals surface area (Å²) in [5.74, 6) is 1.44. The van der Waals surface area contributed by atoms with Gasteiger partial charge < -0.3 is 21.7 Å². The van der Waals surface area contributed by atoms with Crippen molar-refractivity contribution >= 4 is 17.3 Å². The molecule has 0 radical (unpaired) electrons. The van der Waals surface area contributed by atoms with Crippen LogP contribution in [0.5, 0.6) is 0 Å². The third kappa shape index (κ3) is 4.22. The molecule has 0 bridgehead atoms. The fourth-order valence-electron chi connectivity index (χ4n) is 3.51. The predicted molar refractivity (Wildman–Crippen MR) is 93.2 cm³/mol. The number of hydrogen-bond acceptors (Lipinski definition) is 6. The van der Waals surface area contributed by atoms with Crippen LogP contribution in [-0.4, -0.2) is 33.6 Å². The summed E-state index contributed by atoms with van der Waals surface area (Å²) >= 11 is 0. The Hall–Kier alpha value is -1.56. The van der Waals surface area contributed by atoms with Crippen molar-refractivity contribution in [1.29, 1.82) is 0 Å². The Labute approximate surface area is 133 Å². The van der Waals surface area contributed by atoms with Crippen LogP contribution >= 0.6 is 0 Å². The van der Waals surface area contributed by atoms with E-state index in [1.807, 2.05) is 0 Å². The van der Waals surface area contributed by atoms with Crippen molar-refractivity contribution < 1.29 is 0 Å². The Morgan fingerprint density at radius 1 is 1.18 bits per heavy atom. The second-order valence-electron chi connectivity index (χ2n) is 7.55. The lowest BCUT2D eigenvalue weighted by atomic mass is 9.79. The maximum Gasteiger partial charge on any atom is 0.155 e. The molecule has 1 fully saturated rings. The van der Waals surface area contributed by atoms with Gasteiger partial charge in [-0.25, -0.2) is 9.97 Å². The van der Waals surface area contributed by atoms with Gasteiger partial charge in [0.1, 0.15) is 12.0 Å². The smallest absolute Gasteiger partial charge is 0.155 e. The topological polar surface area (TPSA) is 87.9 Å². The van der Waals surface area contributed by atoms with E-state index in [0.29, 0.717) is 17.5 Å². The van der Waals surface area contributed by atoms with Gasteiger partial charge in [-0.3, -0.25) is 0 Å². The van der Waals surface area contributed by atoms with Crippen molar-refractivity contribution in [3.8, 4) is 0 Å². The largest absolute Gasteiger partial charge is 0.393 e. The van der Waals surface area contributed by atoms with Crippen molar-refractivity contribution in [1.82, 2.24) is 15.3 Å². The van der Waals surface area contributed by atoms with Gasteiger partial charge in [-0.1, -0.05) is 6.92 Å². The SMILES string of the molecule is CCCNc1ncnc(NC2CC(C)(C)NC(C)(C)C2)c1N. The summed E-state index contributed by atoms with van der Waals surface area (Å²) in [7, 11) is 0. The molecular weight excluding hydrogens is 276 g/mol.